The normalized spacial score (nSPS) is 13.7. The average molecular weight is 212 g/mol. The van der Waals surface area contributed by atoms with Crippen LogP contribution in [0, 0.1) is 0 Å². The average Bonchev–Trinajstić information content (AvgIpc) is 2.71. The van der Waals surface area contributed by atoms with E-state index in [0.717, 1.165) is 5.76 Å². The van der Waals surface area contributed by atoms with Gasteiger partial charge in [0.2, 0.25) is 0 Å². The second-order valence-electron chi connectivity index (χ2n) is 3.82. The molecule has 0 amide bonds. The minimum Gasteiger partial charge on any atom is -0.468 e. The van der Waals surface area contributed by atoms with Gasteiger partial charge in [-0.2, -0.15) is 0 Å². The van der Waals surface area contributed by atoms with Gasteiger partial charge in [-0.25, -0.2) is 0 Å². The molecule has 1 unspecified atom stereocenters. The topological polar surface area (TPSA) is 62.6 Å². The quantitative estimate of drug-likeness (QED) is 0.738. The van der Waals surface area contributed by atoms with Gasteiger partial charge in [0.1, 0.15) is 5.76 Å². The smallest absolute Gasteiger partial charge is 0.122 e. The molecule has 1 heterocycles. The Kier molecular flexibility index (Phi) is 4.81. The fourth-order valence-corrected chi connectivity index (χ4v) is 1.79. The van der Waals surface area contributed by atoms with Crippen LogP contribution in [0.1, 0.15) is 25.6 Å². The van der Waals surface area contributed by atoms with Crippen LogP contribution >= 0.6 is 0 Å². The zero-order chi connectivity index (χ0) is 11.3. The molecule has 4 nitrogen and oxygen atoms in total. The number of aliphatic hydroxyl groups is 1. The monoisotopic (exact) mass is 212 g/mol. The van der Waals surface area contributed by atoms with E-state index in [-0.39, 0.29) is 12.6 Å². The van der Waals surface area contributed by atoms with Crippen molar-refractivity contribution < 1.29 is 9.52 Å². The number of furan rings is 1. The third-order valence-corrected chi connectivity index (χ3v) is 2.52. The van der Waals surface area contributed by atoms with Gasteiger partial charge in [-0.3, -0.25) is 4.90 Å². The molecule has 0 radical (unpaired) electrons. The maximum atomic E-state index is 9.01. The van der Waals surface area contributed by atoms with Crippen LogP contribution in [-0.4, -0.2) is 35.7 Å². The second kappa shape index (κ2) is 5.90. The van der Waals surface area contributed by atoms with Gasteiger partial charge >= 0.3 is 0 Å². The predicted octanol–water partition coefficient (Wildman–Crippen LogP) is 0.982. The first kappa shape index (κ1) is 12.2. The fraction of sp³-hybridized carbons (Fsp3) is 0.636. The van der Waals surface area contributed by atoms with Gasteiger partial charge < -0.3 is 15.3 Å². The Morgan fingerprint density at radius 3 is 2.67 bits per heavy atom. The molecular formula is C11H20N2O2. The first-order valence-corrected chi connectivity index (χ1v) is 5.30. The van der Waals surface area contributed by atoms with Gasteiger partial charge in [-0.05, 0) is 26.0 Å². The maximum Gasteiger partial charge on any atom is 0.122 e. The lowest BCUT2D eigenvalue weighted by molar-refractivity contribution is 0.109. The number of hydrogen-bond acceptors (Lipinski definition) is 4. The van der Waals surface area contributed by atoms with E-state index >= 15 is 0 Å². The number of hydrogen-bond donors (Lipinski definition) is 2. The van der Waals surface area contributed by atoms with Crippen LogP contribution in [0.25, 0.3) is 0 Å². The third-order valence-electron chi connectivity index (χ3n) is 2.52. The lowest BCUT2D eigenvalue weighted by Crippen LogP contribution is -2.40. The largest absolute Gasteiger partial charge is 0.468 e. The summed E-state index contributed by atoms with van der Waals surface area (Å²) in [5.74, 6) is 0.861. The van der Waals surface area contributed by atoms with Gasteiger partial charge in [-0.1, -0.05) is 0 Å². The second-order valence-corrected chi connectivity index (χ2v) is 3.82. The standard InChI is InChI=1S/C11H20N2O2/c1-9(2)13(5-6-14)10(8-12)11-4-3-7-15-11/h3-4,7,9-10,14H,5-6,8,12H2,1-2H3. The number of nitrogens with zero attached hydrogens (tertiary/aromatic N) is 1. The van der Waals surface area contributed by atoms with Crippen molar-refractivity contribution in [1.29, 1.82) is 0 Å². The summed E-state index contributed by atoms with van der Waals surface area (Å²) < 4.78 is 5.36. The molecule has 1 aromatic heterocycles. The Morgan fingerprint density at radius 1 is 1.53 bits per heavy atom. The highest BCUT2D eigenvalue weighted by Gasteiger charge is 2.23. The van der Waals surface area contributed by atoms with Crippen LogP contribution in [0.5, 0.6) is 0 Å². The summed E-state index contributed by atoms with van der Waals surface area (Å²) in [7, 11) is 0. The summed E-state index contributed by atoms with van der Waals surface area (Å²) >= 11 is 0. The van der Waals surface area contributed by atoms with E-state index < -0.39 is 0 Å². The van der Waals surface area contributed by atoms with Crippen LogP contribution in [-0.2, 0) is 0 Å². The highest BCUT2D eigenvalue weighted by Crippen LogP contribution is 2.21. The molecule has 0 fully saturated rings. The summed E-state index contributed by atoms with van der Waals surface area (Å²) in [6, 6.07) is 4.16. The van der Waals surface area contributed by atoms with Crippen molar-refractivity contribution in [2.24, 2.45) is 5.73 Å². The zero-order valence-corrected chi connectivity index (χ0v) is 9.39. The highest BCUT2D eigenvalue weighted by atomic mass is 16.3. The molecule has 0 aromatic carbocycles. The summed E-state index contributed by atoms with van der Waals surface area (Å²) in [5.41, 5.74) is 5.75. The van der Waals surface area contributed by atoms with Gasteiger partial charge in [0.05, 0.1) is 18.9 Å². The number of rotatable bonds is 6. The molecule has 0 saturated heterocycles. The van der Waals surface area contributed by atoms with Gasteiger partial charge in [-0.15, -0.1) is 0 Å². The Morgan fingerprint density at radius 2 is 2.27 bits per heavy atom. The SMILES string of the molecule is CC(C)N(CCO)C(CN)c1ccco1. The third kappa shape index (κ3) is 3.06. The molecule has 15 heavy (non-hydrogen) atoms. The van der Waals surface area contributed by atoms with Gasteiger partial charge in [0.25, 0.3) is 0 Å². The van der Waals surface area contributed by atoms with Crippen LogP contribution < -0.4 is 5.73 Å². The molecule has 0 aliphatic rings. The fourth-order valence-electron chi connectivity index (χ4n) is 1.79. The molecule has 86 valence electrons. The van der Waals surface area contributed by atoms with E-state index in [1.54, 1.807) is 6.26 Å². The maximum absolute atomic E-state index is 9.01. The predicted molar refractivity (Wildman–Crippen MR) is 59.4 cm³/mol. The van der Waals surface area contributed by atoms with E-state index in [0.29, 0.717) is 19.1 Å². The molecule has 3 N–H and O–H groups in total. The minimum absolute atomic E-state index is 0.0483. The van der Waals surface area contributed by atoms with Crippen molar-refractivity contribution in [3.8, 4) is 0 Å². The van der Waals surface area contributed by atoms with Crippen molar-refractivity contribution >= 4 is 0 Å². The Balaban J connectivity index is 2.78. The number of nitrogens with two attached hydrogens (primary N) is 1. The van der Waals surface area contributed by atoms with E-state index in [4.69, 9.17) is 15.3 Å². The Hall–Kier alpha value is -0.840. The summed E-state index contributed by atoms with van der Waals surface area (Å²) in [6.07, 6.45) is 1.65. The van der Waals surface area contributed by atoms with E-state index in [1.807, 2.05) is 12.1 Å². The molecule has 0 spiro atoms. The van der Waals surface area contributed by atoms with Crippen molar-refractivity contribution in [2.45, 2.75) is 25.9 Å². The minimum atomic E-state index is 0.0483. The molecule has 1 rings (SSSR count). The van der Waals surface area contributed by atoms with Gasteiger partial charge in [0, 0.05) is 19.1 Å². The van der Waals surface area contributed by atoms with Crippen molar-refractivity contribution in [2.75, 3.05) is 19.7 Å². The van der Waals surface area contributed by atoms with Crippen molar-refractivity contribution in [1.82, 2.24) is 4.90 Å². The molecule has 4 heteroatoms. The van der Waals surface area contributed by atoms with Crippen LogP contribution in [0.2, 0.25) is 0 Å². The molecule has 0 saturated carbocycles. The van der Waals surface area contributed by atoms with Gasteiger partial charge in [0.15, 0.2) is 0 Å². The first-order chi connectivity index (χ1) is 7.20. The molecule has 1 aromatic rings. The molecule has 0 aliphatic carbocycles. The lowest BCUT2D eigenvalue weighted by atomic mass is 10.1. The van der Waals surface area contributed by atoms with Crippen LogP contribution in [0.15, 0.2) is 22.8 Å². The molecule has 0 aliphatic heterocycles. The summed E-state index contributed by atoms with van der Waals surface area (Å²) in [5, 5.41) is 9.01. The Labute approximate surface area is 90.7 Å². The van der Waals surface area contributed by atoms with E-state index in [2.05, 4.69) is 18.7 Å². The summed E-state index contributed by atoms with van der Waals surface area (Å²) in [6.45, 7) is 5.41. The van der Waals surface area contributed by atoms with E-state index in [9.17, 15) is 0 Å². The summed E-state index contributed by atoms with van der Waals surface area (Å²) in [4.78, 5) is 2.14. The molecule has 0 bridgehead atoms. The van der Waals surface area contributed by atoms with Crippen molar-refractivity contribution in [3.05, 3.63) is 24.2 Å². The van der Waals surface area contributed by atoms with E-state index in [1.165, 1.54) is 0 Å². The van der Waals surface area contributed by atoms with Crippen molar-refractivity contribution in [3.63, 3.8) is 0 Å². The lowest BCUT2D eigenvalue weighted by Gasteiger charge is -2.32. The number of aliphatic hydroxyl groups excluding tert-OH is 1. The molecule has 1 atom stereocenters. The molecular weight excluding hydrogens is 192 g/mol. The van der Waals surface area contributed by atoms with Crippen LogP contribution in [0.4, 0.5) is 0 Å². The first-order valence-electron chi connectivity index (χ1n) is 5.30. The van der Waals surface area contributed by atoms with Crippen LogP contribution in [0.3, 0.4) is 0 Å². The zero-order valence-electron chi connectivity index (χ0n) is 9.39. The highest BCUT2D eigenvalue weighted by molar-refractivity contribution is 5.05. The Bertz CT molecular complexity index is 260.